The highest BCUT2D eigenvalue weighted by Gasteiger charge is 2.33. The Morgan fingerprint density at radius 3 is 2.65 bits per heavy atom. The van der Waals surface area contributed by atoms with E-state index in [1.54, 1.807) is 50.7 Å². The second kappa shape index (κ2) is 11.3. The van der Waals surface area contributed by atoms with Crippen LogP contribution >= 0.6 is 27.3 Å². The molecule has 0 saturated carbocycles. The molecule has 37 heavy (non-hydrogen) atoms. The number of carbonyl (C=O) groups is 1. The first-order valence-electron chi connectivity index (χ1n) is 11.6. The maximum Gasteiger partial charge on any atom is 0.338 e. The number of thiazole rings is 1. The summed E-state index contributed by atoms with van der Waals surface area (Å²) in [6.45, 7) is 9.36. The number of ether oxygens (including phenoxy) is 3. The van der Waals surface area contributed by atoms with Crippen molar-refractivity contribution in [3.05, 3.63) is 102 Å². The van der Waals surface area contributed by atoms with Crippen molar-refractivity contribution in [2.75, 3.05) is 13.7 Å². The van der Waals surface area contributed by atoms with E-state index in [1.807, 2.05) is 36.4 Å². The summed E-state index contributed by atoms with van der Waals surface area (Å²) in [7, 11) is 1.56. The lowest BCUT2D eigenvalue weighted by Gasteiger charge is -2.25. The van der Waals surface area contributed by atoms with Crippen LogP contribution in [0.4, 0.5) is 0 Å². The number of rotatable bonds is 8. The second-order valence-corrected chi connectivity index (χ2v) is 10.4. The van der Waals surface area contributed by atoms with Crippen LogP contribution in [0, 0.1) is 0 Å². The molecule has 3 aromatic rings. The predicted octanol–water partition coefficient (Wildman–Crippen LogP) is 4.52. The Morgan fingerprint density at radius 1 is 1.27 bits per heavy atom. The molecule has 1 aromatic heterocycles. The number of benzene rings is 2. The fourth-order valence-electron chi connectivity index (χ4n) is 4.07. The van der Waals surface area contributed by atoms with Crippen molar-refractivity contribution < 1.29 is 19.0 Å². The largest absolute Gasteiger partial charge is 0.493 e. The summed E-state index contributed by atoms with van der Waals surface area (Å²) < 4.78 is 19.5. The van der Waals surface area contributed by atoms with Crippen LogP contribution in [0.3, 0.4) is 0 Å². The number of halogens is 1. The molecule has 0 fully saturated rings. The van der Waals surface area contributed by atoms with Gasteiger partial charge < -0.3 is 14.2 Å². The second-order valence-electron chi connectivity index (χ2n) is 8.58. The molecule has 0 bridgehead atoms. The van der Waals surface area contributed by atoms with Crippen LogP contribution in [0.5, 0.6) is 11.5 Å². The summed E-state index contributed by atoms with van der Waals surface area (Å²) in [6, 6.07) is 12.4. The van der Waals surface area contributed by atoms with E-state index in [-0.39, 0.29) is 11.7 Å². The molecular formula is C28H27BrN2O5S. The molecule has 1 aliphatic heterocycles. The van der Waals surface area contributed by atoms with Crippen LogP contribution in [0.15, 0.2) is 80.6 Å². The number of hydrogen-bond acceptors (Lipinski definition) is 7. The average Bonchev–Trinajstić information content (AvgIpc) is 3.16. The molecule has 9 heteroatoms. The van der Waals surface area contributed by atoms with Crippen molar-refractivity contribution >= 4 is 39.3 Å². The molecule has 2 aromatic carbocycles. The molecule has 1 unspecified atom stereocenters. The topological polar surface area (TPSA) is 79.1 Å². The molecule has 7 nitrogen and oxygen atoms in total. The van der Waals surface area contributed by atoms with Crippen molar-refractivity contribution in [2.24, 2.45) is 4.99 Å². The monoisotopic (exact) mass is 582 g/mol. The standard InChI is InChI=1S/C28H27BrN2O5S/c1-6-12-35-25-20(29)13-18(14-21(25)34-5)15-22-26(32)31-24(19-10-8-7-9-11-19)23(27(33)36-16(2)3)17(4)30-28(31)37-22/h6-11,13-16,24H,1,12H2,2-5H3. The number of nitrogens with zero attached hydrogens (tertiary/aromatic N) is 2. The van der Waals surface area contributed by atoms with Crippen molar-refractivity contribution in [1.82, 2.24) is 4.57 Å². The van der Waals surface area contributed by atoms with Gasteiger partial charge in [0.1, 0.15) is 6.61 Å². The molecule has 1 atom stereocenters. The van der Waals surface area contributed by atoms with Crippen LogP contribution in [-0.4, -0.2) is 30.4 Å². The first kappa shape index (κ1) is 26.6. The highest BCUT2D eigenvalue weighted by molar-refractivity contribution is 9.10. The maximum atomic E-state index is 13.8. The molecule has 1 aliphatic rings. The van der Waals surface area contributed by atoms with E-state index in [9.17, 15) is 9.59 Å². The van der Waals surface area contributed by atoms with Gasteiger partial charge in [0.25, 0.3) is 5.56 Å². The first-order valence-corrected chi connectivity index (χ1v) is 13.3. The molecule has 2 heterocycles. The van der Waals surface area contributed by atoms with Crippen molar-refractivity contribution in [3.63, 3.8) is 0 Å². The number of aromatic nitrogens is 1. The van der Waals surface area contributed by atoms with E-state index in [0.717, 1.165) is 11.1 Å². The molecule has 0 amide bonds. The van der Waals surface area contributed by atoms with Gasteiger partial charge in [-0.05, 0) is 66.0 Å². The summed E-state index contributed by atoms with van der Waals surface area (Å²) in [5.41, 5.74) is 2.18. The molecule has 0 saturated heterocycles. The summed E-state index contributed by atoms with van der Waals surface area (Å²) in [5, 5.41) is 0. The average molecular weight is 584 g/mol. The van der Waals surface area contributed by atoms with Crippen LogP contribution in [0.25, 0.3) is 6.08 Å². The number of hydrogen-bond donors (Lipinski definition) is 0. The van der Waals surface area contributed by atoms with Crippen molar-refractivity contribution in [3.8, 4) is 11.5 Å². The van der Waals surface area contributed by atoms with Gasteiger partial charge in [-0.15, -0.1) is 0 Å². The van der Waals surface area contributed by atoms with E-state index in [4.69, 9.17) is 14.2 Å². The van der Waals surface area contributed by atoms with Gasteiger partial charge in [0.2, 0.25) is 0 Å². The van der Waals surface area contributed by atoms with E-state index < -0.39 is 12.0 Å². The van der Waals surface area contributed by atoms with Crippen molar-refractivity contribution in [2.45, 2.75) is 32.9 Å². The fourth-order valence-corrected chi connectivity index (χ4v) is 5.69. The van der Waals surface area contributed by atoms with Gasteiger partial charge in [-0.25, -0.2) is 9.79 Å². The zero-order valence-corrected chi connectivity index (χ0v) is 23.4. The van der Waals surface area contributed by atoms with Crippen molar-refractivity contribution in [1.29, 1.82) is 0 Å². The number of methoxy groups -OCH3 is 1. The van der Waals surface area contributed by atoms with Crippen LogP contribution in [0.2, 0.25) is 0 Å². The Hall–Kier alpha value is -3.43. The Morgan fingerprint density at radius 2 is 2.00 bits per heavy atom. The molecule has 4 rings (SSSR count). The number of fused-ring (bicyclic) bond motifs is 1. The Kier molecular flexibility index (Phi) is 8.14. The van der Waals surface area contributed by atoms with Gasteiger partial charge in [0, 0.05) is 0 Å². The number of esters is 1. The lowest BCUT2D eigenvalue weighted by atomic mass is 9.96. The quantitative estimate of drug-likeness (QED) is 0.288. The Labute approximate surface area is 227 Å². The summed E-state index contributed by atoms with van der Waals surface area (Å²) in [5.74, 6) is 0.587. The van der Waals surface area contributed by atoms with Crippen LogP contribution in [-0.2, 0) is 9.53 Å². The van der Waals surface area contributed by atoms with E-state index in [1.165, 1.54) is 11.3 Å². The fraction of sp³-hybridized carbons (Fsp3) is 0.250. The first-order chi connectivity index (χ1) is 17.7. The third-order valence-electron chi connectivity index (χ3n) is 5.59. The molecule has 0 spiro atoms. The zero-order valence-electron chi connectivity index (χ0n) is 21.0. The van der Waals surface area contributed by atoms with Crippen LogP contribution in [0.1, 0.15) is 37.9 Å². The summed E-state index contributed by atoms with van der Waals surface area (Å²) in [4.78, 5) is 32.1. The normalized spacial score (nSPS) is 15.3. The molecule has 0 radical (unpaired) electrons. The lowest BCUT2D eigenvalue weighted by Crippen LogP contribution is -2.40. The Balaban J connectivity index is 1.89. The third kappa shape index (κ3) is 5.47. The van der Waals surface area contributed by atoms with E-state index in [0.29, 0.717) is 43.2 Å². The minimum atomic E-state index is -0.651. The zero-order chi connectivity index (χ0) is 26.7. The van der Waals surface area contributed by atoms with Gasteiger partial charge >= 0.3 is 5.97 Å². The van der Waals surface area contributed by atoms with E-state index >= 15 is 0 Å². The molecule has 0 N–H and O–H groups in total. The highest BCUT2D eigenvalue weighted by atomic mass is 79.9. The number of allylic oxidation sites excluding steroid dienone is 1. The summed E-state index contributed by atoms with van der Waals surface area (Å²) in [6.07, 6.45) is 3.12. The van der Waals surface area contributed by atoms with Gasteiger partial charge in [0.05, 0.1) is 39.5 Å². The molecular weight excluding hydrogens is 556 g/mol. The number of carbonyl (C=O) groups excluding carboxylic acids is 1. The SMILES string of the molecule is C=CCOc1c(Br)cc(C=c2sc3n(c2=O)C(c2ccccc2)C(C(=O)OC(C)C)=C(C)N=3)cc1OC. The molecule has 0 aliphatic carbocycles. The van der Waals surface area contributed by atoms with Gasteiger partial charge in [-0.2, -0.15) is 0 Å². The highest BCUT2D eigenvalue weighted by Crippen LogP contribution is 2.37. The van der Waals surface area contributed by atoms with Gasteiger partial charge in [-0.1, -0.05) is 54.3 Å². The lowest BCUT2D eigenvalue weighted by molar-refractivity contribution is -0.143. The summed E-state index contributed by atoms with van der Waals surface area (Å²) >= 11 is 4.80. The third-order valence-corrected chi connectivity index (χ3v) is 7.17. The minimum Gasteiger partial charge on any atom is -0.493 e. The Bertz CT molecular complexity index is 1550. The van der Waals surface area contributed by atoms with Crippen LogP contribution < -0.4 is 24.4 Å². The molecule has 192 valence electrons. The smallest absolute Gasteiger partial charge is 0.338 e. The predicted molar refractivity (Wildman–Crippen MR) is 148 cm³/mol. The van der Waals surface area contributed by atoms with Gasteiger partial charge in [0.15, 0.2) is 16.3 Å². The minimum absolute atomic E-state index is 0.248. The maximum absolute atomic E-state index is 13.8. The van der Waals surface area contributed by atoms with Gasteiger partial charge in [-0.3, -0.25) is 9.36 Å². The van der Waals surface area contributed by atoms with E-state index in [2.05, 4.69) is 27.5 Å².